The van der Waals surface area contributed by atoms with E-state index in [1.54, 1.807) is 29.4 Å². The fourth-order valence-electron chi connectivity index (χ4n) is 2.86. The second kappa shape index (κ2) is 8.76. The SMILES string of the molecule is CC(C)OC(=O)c1ccc(CSc2ncnc3sc(-c4ccccc4)cc23)cc1. The maximum atomic E-state index is 12.0. The zero-order valence-electron chi connectivity index (χ0n) is 16.2. The molecule has 0 amide bonds. The summed E-state index contributed by atoms with van der Waals surface area (Å²) in [5.74, 6) is 0.478. The van der Waals surface area contributed by atoms with Gasteiger partial charge in [0, 0.05) is 16.0 Å². The minimum Gasteiger partial charge on any atom is -0.459 e. The summed E-state index contributed by atoms with van der Waals surface area (Å²) in [6.45, 7) is 3.69. The molecule has 0 atom stereocenters. The Labute approximate surface area is 178 Å². The van der Waals surface area contributed by atoms with Crippen LogP contribution in [-0.4, -0.2) is 22.0 Å². The summed E-state index contributed by atoms with van der Waals surface area (Å²) in [5, 5.41) is 2.05. The van der Waals surface area contributed by atoms with Crippen LogP contribution in [0.25, 0.3) is 20.7 Å². The van der Waals surface area contributed by atoms with Gasteiger partial charge >= 0.3 is 5.97 Å². The molecule has 2 aromatic carbocycles. The lowest BCUT2D eigenvalue weighted by molar-refractivity contribution is 0.0378. The summed E-state index contributed by atoms with van der Waals surface area (Å²) < 4.78 is 5.23. The lowest BCUT2D eigenvalue weighted by atomic mass is 10.1. The van der Waals surface area contributed by atoms with Crippen LogP contribution in [0.4, 0.5) is 0 Å². The van der Waals surface area contributed by atoms with E-state index in [2.05, 4.69) is 28.2 Å². The number of ether oxygens (including phenoxy) is 1. The third-order valence-corrected chi connectivity index (χ3v) is 6.43. The van der Waals surface area contributed by atoms with Gasteiger partial charge in [-0.25, -0.2) is 14.8 Å². The quantitative estimate of drug-likeness (QED) is 0.211. The topological polar surface area (TPSA) is 52.1 Å². The number of aromatic nitrogens is 2. The maximum absolute atomic E-state index is 12.0. The highest BCUT2D eigenvalue weighted by molar-refractivity contribution is 7.98. The number of carbonyl (C=O) groups excluding carboxylic acids is 1. The third kappa shape index (κ3) is 4.66. The molecule has 0 radical (unpaired) electrons. The van der Waals surface area contributed by atoms with Crippen LogP contribution >= 0.6 is 23.1 Å². The molecule has 2 aromatic heterocycles. The molecule has 0 aliphatic carbocycles. The number of hydrogen-bond donors (Lipinski definition) is 0. The number of esters is 1. The largest absolute Gasteiger partial charge is 0.459 e. The van der Waals surface area contributed by atoms with Gasteiger partial charge in [0.15, 0.2) is 0 Å². The van der Waals surface area contributed by atoms with Crippen molar-refractivity contribution in [2.24, 2.45) is 0 Å². The molecule has 29 heavy (non-hydrogen) atoms. The molecule has 0 saturated carbocycles. The fraction of sp³-hybridized carbons (Fsp3) is 0.174. The van der Waals surface area contributed by atoms with Crippen molar-refractivity contribution in [1.82, 2.24) is 9.97 Å². The van der Waals surface area contributed by atoms with Gasteiger partial charge in [-0.05, 0) is 43.2 Å². The van der Waals surface area contributed by atoms with Gasteiger partial charge in [-0.15, -0.1) is 23.1 Å². The number of thioether (sulfide) groups is 1. The van der Waals surface area contributed by atoms with Crippen LogP contribution in [0.1, 0.15) is 29.8 Å². The first-order chi connectivity index (χ1) is 14.1. The Morgan fingerprint density at radius 3 is 2.55 bits per heavy atom. The molecule has 0 saturated heterocycles. The van der Waals surface area contributed by atoms with Crippen LogP contribution in [0.5, 0.6) is 0 Å². The normalized spacial score (nSPS) is 11.1. The molecule has 4 rings (SSSR count). The lowest BCUT2D eigenvalue weighted by Crippen LogP contribution is -2.11. The van der Waals surface area contributed by atoms with E-state index in [1.165, 1.54) is 10.4 Å². The van der Waals surface area contributed by atoms with E-state index in [4.69, 9.17) is 4.74 Å². The first kappa shape index (κ1) is 19.6. The summed E-state index contributed by atoms with van der Waals surface area (Å²) in [7, 11) is 0. The van der Waals surface area contributed by atoms with Gasteiger partial charge in [0.25, 0.3) is 0 Å². The third-order valence-electron chi connectivity index (χ3n) is 4.26. The number of hydrogen-bond acceptors (Lipinski definition) is 6. The van der Waals surface area contributed by atoms with Gasteiger partial charge in [-0.2, -0.15) is 0 Å². The predicted octanol–water partition coefficient (Wildman–Crippen LogP) is 6.22. The van der Waals surface area contributed by atoms with E-state index in [0.717, 1.165) is 26.6 Å². The Morgan fingerprint density at radius 1 is 1.07 bits per heavy atom. The van der Waals surface area contributed by atoms with Gasteiger partial charge < -0.3 is 4.74 Å². The minimum absolute atomic E-state index is 0.121. The van der Waals surface area contributed by atoms with Crippen LogP contribution < -0.4 is 0 Å². The highest BCUT2D eigenvalue weighted by atomic mass is 32.2. The molecule has 6 heteroatoms. The van der Waals surface area contributed by atoms with Crippen LogP contribution in [-0.2, 0) is 10.5 Å². The first-order valence-corrected chi connectivity index (χ1v) is 11.1. The van der Waals surface area contributed by atoms with Gasteiger partial charge in [0.05, 0.1) is 11.7 Å². The summed E-state index contributed by atoms with van der Waals surface area (Å²) in [5.41, 5.74) is 2.89. The van der Waals surface area contributed by atoms with Crippen LogP contribution in [0.15, 0.2) is 72.0 Å². The maximum Gasteiger partial charge on any atom is 0.338 e. The molecule has 0 unspecified atom stereocenters. The van der Waals surface area contributed by atoms with Crippen molar-refractivity contribution < 1.29 is 9.53 Å². The van der Waals surface area contributed by atoms with Crippen molar-refractivity contribution in [3.05, 3.63) is 78.1 Å². The molecule has 4 nitrogen and oxygen atoms in total. The van der Waals surface area contributed by atoms with E-state index in [0.29, 0.717) is 5.56 Å². The fourth-order valence-corrected chi connectivity index (χ4v) is 4.86. The van der Waals surface area contributed by atoms with E-state index < -0.39 is 0 Å². The number of carbonyl (C=O) groups is 1. The van der Waals surface area contributed by atoms with Crippen molar-refractivity contribution in [2.45, 2.75) is 30.7 Å². The minimum atomic E-state index is -0.288. The number of nitrogens with zero attached hydrogens (tertiary/aromatic N) is 2. The highest BCUT2D eigenvalue weighted by Gasteiger charge is 2.12. The first-order valence-electron chi connectivity index (χ1n) is 9.33. The van der Waals surface area contributed by atoms with Crippen molar-refractivity contribution in [3.63, 3.8) is 0 Å². The molecule has 4 aromatic rings. The summed E-state index contributed by atoms with van der Waals surface area (Å²) in [6.07, 6.45) is 1.50. The Kier molecular flexibility index (Phi) is 5.92. The van der Waals surface area contributed by atoms with Crippen molar-refractivity contribution in [2.75, 3.05) is 0 Å². The Balaban J connectivity index is 1.50. The van der Waals surface area contributed by atoms with E-state index in [-0.39, 0.29) is 12.1 Å². The van der Waals surface area contributed by atoms with Gasteiger partial charge in [0.1, 0.15) is 16.2 Å². The Hall–Kier alpha value is -2.70. The van der Waals surface area contributed by atoms with E-state index in [9.17, 15) is 4.79 Å². The molecule has 146 valence electrons. The van der Waals surface area contributed by atoms with Gasteiger partial charge in [-0.1, -0.05) is 42.5 Å². The molecule has 0 N–H and O–H groups in total. The van der Waals surface area contributed by atoms with Crippen molar-refractivity contribution in [1.29, 1.82) is 0 Å². The summed E-state index contributed by atoms with van der Waals surface area (Å²) >= 11 is 3.36. The number of rotatable bonds is 6. The highest BCUT2D eigenvalue weighted by Crippen LogP contribution is 2.36. The molecule has 2 heterocycles. The molecule has 0 fully saturated rings. The Morgan fingerprint density at radius 2 is 1.83 bits per heavy atom. The smallest absolute Gasteiger partial charge is 0.338 e. The average molecular weight is 421 g/mol. The molecule has 0 aliphatic rings. The second-order valence-corrected chi connectivity index (χ2v) is 8.81. The zero-order chi connectivity index (χ0) is 20.2. The monoisotopic (exact) mass is 420 g/mol. The predicted molar refractivity (Wildman–Crippen MR) is 119 cm³/mol. The van der Waals surface area contributed by atoms with Crippen LogP contribution in [0.2, 0.25) is 0 Å². The van der Waals surface area contributed by atoms with Gasteiger partial charge in [-0.3, -0.25) is 0 Å². The summed E-state index contributed by atoms with van der Waals surface area (Å²) in [6, 6.07) is 20.0. The van der Waals surface area contributed by atoms with Gasteiger partial charge in [0.2, 0.25) is 0 Å². The van der Waals surface area contributed by atoms with Crippen molar-refractivity contribution >= 4 is 39.3 Å². The van der Waals surface area contributed by atoms with E-state index >= 15 is 0 Å². The number of fused-ring (bicyclic) bond motifs is 1. The molecule has 0 spiro atoms. The van der Waals surface area contributed by atoms with Crippen LogP contribution in [0.3, 0.4) is 0 Å². The molecule has 0 bridgehead atoms. The number of benzene rings is 2. The van der Waals surface area contributed by atoms with Crippen LogP contribution in [0, 0.1) is 0 Å². The lowest BCUT2D eigenvalue weighted by Gasteiger charge is -2.08. The number of thiophene rings is 1. The summed E-state index contributed by atoms with van der Waals surface area (Å²) in [4.78, 5) is 23.1. The van der Waals surface area contributed by atoms with E-state index in [1.807, 2.05) is 56.3 Å². The molecular formula is C23H20N2O2S2. The average Bonchev–Trinajstić information content (AvgIpc) is 3.18. The van der Waals surface area contributed by atoms with Crippen molar-refractivity contribution in [3.8, 4) is 10.4 Å². The second-order valence-electron chi connectivity index (χ2n) is 6.81. The molecular weight excluding hydrogens is 400 g/mol. The molecule has 0 aliphatic heterocycles. The Bertz CT molecular complexity index is 1120. The zero-order valence-corrected chi connectivity index (χ0v) is 17.8. The standard InChI is InChI=1S/C23H20N2O2S2/c1-15(2)27-23(26)18-10-8-16(9-11-18)13-28-21-19-12-20(17-6-4-3-5-7-17)29-22(19)25-14-24-21/h3-12,14-15H,13H2,1-2H3.